The number of piperidine rings is 1. The molecule has 5 heterocycles. The number of carbonyl (C=O) groups is 1. The van der Waals surface area contributed by atoms with Crippen molar-refractivity contribution in [2.45, 2.75) is 18.8 Å². The maximum absolute atomic E-state index is 12.9. The van der Waals surface area contributed by atoms with E-state index in [0.29, 0.717) is 28.7 Å². The Bertz CT molecular complexity index is 1280. The van der Waals surface area contributed by atoms with Gasteiger partial charge in [-0.3, -0.25) is 14.5 Å². The number of hydrogen-bond acceptors (Lipinski definition) is 7. The summed E-state index contributed by atoms with van der Waals surface area (Å²) in [6.07, 6.45) is 7.34. The number of aromatic nitrogens is 6. The molecule has 1 N–H and O–H groups in total. The highest BCUT2D eigenvalue weighted by atomic mass is 16.1. The predicted octanol–water partition coefficient (Wildman–Crippen LogP) is 2.88. The van der Waals surface area contributed by atoms with Crippen LogP contribution in [-0.4, -0.2) is 60.9 Å². The maximum Gasteiger partial charge on any atom is 0.256 e. The molecule has 32 heavy (non-hydrogen) atoms. The number of fused-ring (bicyclic) bond motifs is 1. The fraction of sp³-hybridized carbons (Fsp3) is 0.304. The minimum Gasteiger partial charge on any atom is -0.306 e. The highest BCUT2D eigenvalue weighted by molar-refractivity contribution is 6.04. The summed E-state index contributed by atoms with van der Waals surface area (Å²) in [4.78, 5) is 28.8. The summed E-state index contributed by atoms with van der Waals surface area (Å²) < 4.78 is 1.63. The van der Waals surface area contributed by atoms with Crippen molar-refractivity contribution in [2.24, 2.45) is 7.05 Å². The second-order valence-electron chi connectivity index (χ2n) is 8.24. The Hall–Kier alpha value is -3.72. The van der Waals surface area contributed by atoms with E-state index in [9.17, 15) is 4.79 Å². The number of nitrogens with zero attached hydrogens (tertiary/aromatic N) is 7. The van der Waals surface area contributed by atoms with Gasteiger partial charge < -0.3 is 10.2 Å². The predicted molar refractivity (Wildman–Crippen MR) is 121 cm³/mol. The Morgan fingerprint density at radius 1 is 1.06 bits per heavy atom. The van der Waals surface area contributed by atoms with Gasteiger partial charge in [-0.1, -0.05) is 5.21 Å². The van der Waals surface area contributed by atoms with E-state index in [0.717, 1.165) is 42.5 Å². The van der Waals surface area contributed by atoms with E-state index < -0.39 is 0 Å². The molecule has 0 aliphatic carbocycles. The second-order valence-corrected chi connectivity index (χ2v) is 8.24. The van der Waals surface area contributed by atoms with Gasteiger partial charge in [0.05, 0.1) is 17.4 Å². The fourth-order valence-corrected chi connectivity index (χ4v) is 4.00. The third kappa shape index (κ3) is 4.19. The first-order valence-electron chi connectivity index (χ1n) is 10.6. The van der Waals surface area contributed by atoms with Crippen LogP contribution in [0.4, 0.5) is 5.82 Å². The summed E-state index contributed by atoms with van der Waals surface area (Å²) in [5.74, 6) is 0.629. The van der Waals surface area contributed by atoms with Crippen LogP contribution < -0.4 is 5.32 Å². The second kappa shape index (κ2) is 8.43. The average Bonchev–Trinajstić information content (AvgIpc) is 3.25. The molecule has 1 aliphatic rings. The molecule has 1 amide bonds. The first kappa shape index (κ1) is 20.2. The molecule has 162 valence electrons. The summed E-state index contributed by atoms with van der Waals surface area (Å²) in [6, 6.07) is 9.22. The number of hydrogen-bond donors (Lipinski definition) is 1. The van der Waals surface area contributed by atoms with E-state index in [2.05, 4.69) is 42.5 Å². The summed E-state index contributed by atoms with van der Waals surface area (Å²) in [6.45, 7) is 2.10. The molecule has 4 aromatic rings. The van der Waals surface area contributed by atoms with E-state index in [-0.39, 0.29) is 5.91 Å². The molecule has 5 rings (SSSR count). The standard InChI is InChI=1S/C23H24N8O/c1-30-9-6-15(7-10-30)19-11-16(5-8-24-19)23(32)27-22-12-20-17(13-25-22)3-4-18(26-20)21-14-31(2)29-28-21/h3-5,8,11-15H,6-7,9-10H2,1-2H3,(H,25,27,32). The molecule has 1 fully saturated rings. The van der Waals surface area contributed by atoms with Crippen molar-refractivity contribution in [3.8, 4) is 11.4 Å². The van der Waals surface area contributed by atoms with E-state index in [4.69, 9.17) is 0 Å². The molecule has 9 heteroatoms. The third-order valence-corrected chi connectivity index (χ3v) is 5.86. The van der Waals surface area contributed by atoms with Gasteiger partial charge in [0.25, 0.3) is 5.91 Å². The molecule has 0 spiro atoms. The van der Waals surface area contributed by atoms with E-state index in [1.807, 2.05) is 31.4 Å². The van der Waals surface area contributed by atoms with Crippen LogP contribution >= 0.6 is 0 Å². The number of amides is 1. The minimum atomic E-state index is -0.210. The molecule has 0 aromatic carbocycles. The number of aryl methyl sites for hydroxylation is 1. The average molecular weight is 429 g/mol. The van der Waals surface area contributed by atoms with Crippen LogP contribution in [0.25, 0.3) is 22.3 Å². The Morgan fingerprint density at radius 2 is 1.91 bits per heavy atom. The largest absolute Gasteiger partial charge is 0.306 e. The molecule has 0 saturated carbocycles. The molecule has 0 unspecified atom stereocenters. The van der Waals surface area contributed by atoms with Crippen molar-refractivity contribution in [1.82, 2.24) is 34.8 Å². The maximum atomic E-state index is 12.9. The fourth-order valence-electron chi connectivity index (χ4n) is 4.00. The number of rotatable bonds is 4. The molecular formula is C23H24N8O. The van der Waals surface area contributed by atoms with Crippen LogP contribution in [-0.2, 0) is 7.05 Å². The topological polar surface area (TPSA) is 102 Å². The quantitative estimate of drug-likeness (QED) is 0.533. The monoisotopic (exact) mass is 428 g/mol. The first-order valence-corrected chi connectivity index (χ1v) is 10.6. The van der Waals surface area contributed by atoms with Crippen molar-refractivity contribution >= 4 is 22.6 Å². The van der Waals surface area contributed by atoms with Crippen LogP contribution in [0.5, 0.6) is 0 Å². The van der Waals surface area contributed by atoms with Crippen LogP contribution in [0.15, 0.2) is 48.9 Å². The van der Waals surface area contributed by atoms with Crippen molar-refractivity contribution in [3.63, 3.8) is 0 Å². The van der Waals surface area contributed by atoms with Crippen molar-refractivity contribution in [2.75, 3.05) is 25.5 Å². The van der Waals surface area contributed by atoms with Crippen molar-refractivity contribution in [1.29, 1.82) is 0 Å². The molecular weight excluding hydrogens is 404 g/mol. The SMILES string of the molecule is CN1CCC(c2cc(C(=O)Nc3cc4nc(-c5cn(C)nn5)ccc4cn3)ccn2)CC1. The number of carbonyl (C=O) groups excluding carboxylic acids is 1. The van der Waals surface area contributed by atoms with E-state index in [1.165, 1.54) is 0 Å². The van der Waals surface area contributed by atoms with Crippen molar-refractivity contribution in [3.05, 3.63) is 60.2 Å². The summed E-state index contributed by atoms with van der Waals surface area (Å²) >= 11 is 0. The zero-order valence-electron chi connectivity index (χ0n) is 18.1. The normalized spacial score (nSPS) is 15.2. The molecule has 0 bridgehead atoms. The van der Waals surface area contributed by atoms with Gasteiger partial charge in [0.15, 0.2) is 0 Å². The van der Waals surface area contributed by atoms with Gasteiger partial charge in [-0.25, -0.2) is 9.97 Å². The Morgan fingerprint density at radius 3 is 2.69 bits per heavy atom. The van der Waals surface area contributed by atoms with Crippen LogP contribution in [0, 0.1) is 0 Å². The number of anilines is 1. The summed E-state index contributed by atoms with van der Waals surface area (Å²) in [7, 11) is 3.95. The van der Waals surface area contributed by atoms with Gasteiger partial charge in [0.1, 0.15) is 11.5 Å². The highest BCUT2D eigenvalue weighted by Crippen LogP contribution is 2.26. The Kier molecular flexibility index (Phi) is 5.32. The lowest BCUT2D eigenvalue weighted by atomic mass is 9.92. The van der Waals surface area contributed by atoms with Gasteiger partial charge >= 0.3 is 0 Å². The van der Waals surface area contributed by atoms with E-state index >= 15 is 0 Å². The van der Waals surface area contributed by atoms with Gasteiger partial charge in [-0.05, 0) is 57.2 Å². The number of nitrogens with one attached hydrogen (secondary N) is 1. The molecule has 1 saturated heterocycles. The molecule has 1 aliphatic heterocycles. The smallest absolute Gasteiger partial charge is 0.256 e. The van der Waals surface area contributed by atoms with Gasteiger partial charge in [0, 0.05) is 48.1 Å². The van der Waals surface area contributed by atoms with Crippen LogP contribution in [0.3, 0.4) is 0 Å². The van der Waals surface area contributed by atoms with Crippen molar-refractivity contribution < 1.29 is 4.79 Å². The van der Waals surface area contributed by atoms with Gasteiger partial charge in [-0.2, -0.15) is 0 Å². The summed E-state index contributed by atoms with van der Waals surface area (Å²) in [5, 5.41) is 11.8. The molecule has 0 atom stereocenters. The molecule has 4 aromatic heterocycles. The Labute approximate surface area is 185 Å². The lowest BCUT2D eigenvalue weighted by molar-refractivity contribution is 0.102. The van der Waals surface area contributed by atoms with E-state index in [1.54, 1.807) is 29.2 Å². The molecule has 0 radical (unpaired) electrons. The highest BCUT2D eigenvalue weighted by Gasteiger charge is 2.20. The third-order valence-electron chi connectivity index (χ3n) is 5.86. The lowest BCUT2D eigenvalue weighted by Crippen LogP contribution is -2.29. The zero-order valence-corrected chi connectivity index (χ0v) is 18.1. The minimum absolute atomic E-state index is 0.210. The molecule has 9 nitrogen and oxygen atoms in total. The number of pyridine rings is 3. The van der Waals surface area contributed by atoms with Crippen LogP contribution in [0.2, 0.25) is 0 Å². The summed E-state index contributed by atoms with van der Waals surface area (Å²) in [5.41, 5.74) is 3.69. The van der Waals surface area contributed by atoms with Gasteiger partial charge in [-0.15, -0.1) is 5.10 Å². The Balaban J connectivity index is 1.36. The lowest BCUT2D eigenvalue weighted by Gasteiger charge is -2.28. The van der Waals surface area contributed by atoms with Gasteiger partial charge in [0.2, 0.25) is 0 Å². The zero-order chi connectivity index (χ0) is 22.1. The first-order chi connectivity index (χ1) is 15.5. The number of likely N-dealkylation sites (tertiary alicyclic amines) is 1. The van der Waals surface area contributed by atoms with Crippen LogP contribution in [0.1, 0.15) is 34.8 Å².